The molecule has 25 heavy (non-hydrogen) atoms. The van der Waals surface area contributed by atoms with Crippen molar-refractivity contribution in [1.29, 1.82) is 0 Å². The largest absolute Gasteiger partial charge is 0.487 e. The minimum atomic E-state index is -1.19. The van der Waals surface area contributed by atoms with E-state index < -0.39 is 17.4 Å². The second kappa shape index (κ2) is 6.08. The fraction of sp³-hybridized carbons (Fsp3) is 0.474. The Bertz CT molecular complexity index is 757. The fourth-order valence-electron chi connectivity index (χ4n) is 3.63. The molecule has 2 N–H and O–H groups in total. The van der Waals surface area contributed by atoms with Gasteiger partial charge in [-0.15, -0.1) is 6.42 Å². The molecule has 2 heterocycles. The standard InChI is InChI=1S/C19H22N2O4/c1-4-16(22)21(19(17(20)23)7-9-24-10-8-19)14-6-5-13-12-18(2,3)25-15(13)11-14/h1,5-6,11H,7-10,12H2,2-3H3,(H2,20,23). The normalized spacial score (nSPS) is 20.0. The molecule has 0 aliphatic carbocycles. The Labute approximate surface area is 147 Å². The summed E-state index contributed by atoms with van der Waals surface area (Å²) in [6.07, 6.45) is 6.76. The van der Waals surface area contributed by atoms with E-state index in [1.165, 1.54) is 4.90 Å². The molecule has 0 bridgehead atoms. The van der Waals surface area contributed by atoms with Crippen LogP contribution in [0.1, 0.15) is 32.3 Å². The summed E-state index contributed by atoms with van der Waals surface area (Å²) < 4.78 is 11.3. The molecule has 0 spiro atoms. The van der Waals surface area contributed by atoms with Gasteiger partial charge >= 0.3 is 5.91 Å². The van der Waals surface area contributed by atoms with Gasteiger partial charge in [0, 0.05) is 44.2 Å². The first-order valence-electron chi connectivity index (χ1n) is 8.29. The van der Waals surface area contributed by atoms with Crippen LogP contribution >= 0.6 is 0 Å². The fourth-order valence-corrected chi connectivity index (χ4v) is 3.63. The smallest absolute Gasteiger partial charge is 0.303 e. The Morgan fingerprint density at radius 3 is 2.56 bits per heavy atom. The van der Waals surface area contributed by atoms with Crippen molar-refractivity contribution in [2.45, 2.75) is 44.2 Å². The van der Waals surface area contributed by atoms with E-state index in [4.69, 9.17) is 21.6 Å². The third-order valence-electron chi connectivity index (χ3n) is 4.84. The third-order valence-corrected chi connectivity index (χ3v) is 4.84. The van der Waals surface area contributed by atoms with Crippen LogP contribution in [0.2, 0.25) is 0 Å². The van der Waals surface area contributed by atoms with Crippen LogP contribution in [-0.4, -0.2) is 36.2 Å². The Kier molecular flexibility index (Phi) is 4.21. The van der Waals surface area contributed by atoms with Crippen molar-refractivity contribution >= 4 is 17.5 Å². The van der Waals surface area contributed by atoms with E-state index in [1.54, 1.807) is 12.1 Å². The van der Waals surface area contributed by atoms with Gasteiger partial charge in [-0.2, -0.15) is 0 Å². The Morgan fingerprint density at radius 1 is 1.28 bits per heavy atom. The molecule has 6 heteroatoms. The average molecular weight is 342 g/mol. The summed E-state index contributed by atoms with van der Waals surface area (Å²) >= 11 is 0. The predicted molar refractivity (Wildman–Crippen MR) is 93.2 cm³/mol. The second-order valence-corrected chi connectivity index (χ2v) is 7.12. The monoisotopic (exact) mass is 342 g/mol. The molecule has 0 aromatic heterocycles. The lowest BCUT2D eigenvalue weighted by atomic mass is 9.86. The third kappa shape index (κ3) is 2.96. The van der Waals surface area contributed by atoms with Gasteiger partial charge in [0.15, 0.2) is 0 Å². The van der Waals surface area contributed by atoms with Crippen LogP contribution in [0.5, 0.6) is 5.75 Å². The molecular formula is C19H22N2O4. The molecule has 3 rings (SSSR count). The van der Waals surface area contributed by atoms with Crippen molar-refractivity contribution in [3.63, 3.8) is 0 Å². The van der Waals surface area contributed by atoms with E-state index in [0.29, 0.717) is 37.5 Å². The quantitative estimate of drug-likeness (QED) is 0.842. The van der Waals surface area contributed by atoms with E-state index in [2.05, 4.69) is 5.92 Å². The van der Waals surface area contributed by atoms with Crippen molar-refractivity contribution in [2.24, 2.45) is 5.73 Å². The zero-order valence-corrected chi connectivity index (χ0v) is 14.5. The molecule has 2 amide bonds. The van der Waals surface area contributed by atoms with Gasteiger partial charge in [-0.1, -0.05) is 6.07 Å². The molecule has 0 saturated carbocycles. The summed E-state index contributed by atoms with van der Waals surface area (Å²) in [5, 5.41) is 0. The van der Waals surface area contributed by atoms with Crippen molar-refractivity contribution in [1.82, 2.24) is 0 Å². The zero-order chi connectivity index (χ0) is 18.2. The van der Waals surface area contributed by atoms with E-state index in [1.807, 2.05) is 19.9 Å². The number of ether oxygens (including phenoxy) is 2. The van der Waals surface area contributed by atoms with Crippen LogP contribution in [0.3, 0.4) is 0 Å². The lowest BCUT2D eigenvalue weighted by Crippen LogP contribution is -2.62. The first kappa shape index (κ1) is 17.3. The summed E-state index contributed by atoms with van der Waals surface area (Å²) in [7, 11) is 0. The molecule has 1 saturated heterocycles. The number of nitrogens with two attached hydrogens (primary N) is 1. The van der Waals surface area contributed by atoms with Crippen LogP contribution < -0.4 is 15.4 Å². The molecule has 0 unspecified atom stereocenters. The number of fused-ring (bicyclic) bond motifs is 1. The van der Waals surface area contributed by atoms with Crippen molar-refractivity contribution in [3.05, 3.63) is 23.8 Å². The number of hydrogen-bond donors (Lipinski definition) is 1. The maximum atomic E-state index is 12.5. The number of primary amides is 1. The van der Waals surface area contributed by atoms with Crippen LogP contribution in [0.4, 0.5) is 5.69 Å². The van der Waals surface area contributed by atoms with Gasteiger partial charge in [0.1, 0.15) is 16.9 Å². The van der Waals surface area contributed by atoms with Crippen LogP contribution in [-0.2, 0) is 20.7 Å². The predicted octanol–water partition coefficient (Wildman–Crippen LogP) is 1.40. The molecule has 0 radical (unpaired) electrons. The van der Waals surface area contributed by atoms with Gasteiger partial charge in [-0.3, -0.25) is 14.5 Å². The highest BCUT2D eigenvalue weighted by atomic mass is 16.5. The molecule has 1 aromatic rings. The number of terminal acetylenes is 1. The van der Waals surface area contributed by atoms with Gasteiger partial charge in [0.25, 0.3) is 0 Å². The van der Waals surface area contributed by atoms with Gasteiger partial charge in [0.05, 0.1) is 0 Å². The van der Waals surface area contributed by atoms with Gasteiger partial charge in [-0.05, 0) is 31.4 Å². The average Bonchev–Trinajstić information content (AvgIpc) is 2.88. The highest BCUT2D eigenvalue weighted by molar-refractivity contribution is 6.11. The van der Waals surface area contributed by atoms with Crippen LogP contribution in [0.25, 0.3) is 0 Å². The summed E-state index contributed by atoms with van der Waals surface area (Å²) in [5.74, 6) is 1.64. The van der Waals surface area contributed by atoms with Crippen molar-refractivity contribution in [2.75, 3.05) is 18.1 Å². The molecule has 1 fully saturated rings. The van der Waals surface area contributed by atoms with E-state index in [9.17, 15) is 9.59 Å². The Hall–Kier alpha value is -2.52. The van der Waals surface area contributed by atoms with Gasteiger partial charge < -0.3 is 15.2 Å². The number of benzene rings is 1. The Morgan fingerprint density at radius 2 is 1.96 bits per heavy atom. The van der Waals surface area contributed by atoms with E-state index >= 15 is 0 Å². The number of rotatable bonds is 3. The van der Waals surface area contributed by atoms with Crippen LogP contribution in [0, 0.1) is 12.3 Å². The topological polar surface area (TPSA) is 81.9 Å². The lowest BCUT2D eigenvalue weighted by molar-refractivity contribution is -0.130. The first-order valence-corrected chi connectivity index (χ1v) is 8.29. The van der Waals surface area contributed by atoms with Crippen molar-refractivity contribution < 1.29 is 19.1 Å². The molecule has 0 atom stereocenters. The highest BCUT2D eigenvalue weighted by Crippen LogP contribution is 2.40. The van der Waals surface area contributed by atoms with Crippen molar-refractivity contribution in [3.8, 4) is 18.1 Å². The molecular weight excluding hydrogens is 320 g/mol. The lowest BCUT2D eigenvalue weighted by Gasteiger charge is -2.42. The number of carbonyl (C=O) groups excluding carboxylic acids is 2. The summed E-state index contributed by atoms with van der Waals surface area (Å²) in [6.45, 7) is 4.68. The summed E-state index contributed by atoms with van der Waals surface area (Å²) in [5.41, 5.74) is 5.78. The second-order valence-electron chi connectivity index (χ2n) is 7.12. The molecule has 2 aliphatic heterocycles. The van der Waals surface area contributed by atoms with E-state index in [-0.39, 0.29) is 5.60 Å². The van der Waals surface area contributed by atoms with E-state index in [0.717, 1.165) is 12.0 Å². The number of amides is 2. The molecule has 6 nitrogen and oxygen atoms in total. The number of anilines is 1. The maximum Gasteiger partial charge on any atom is 0.303 e. The minimum Gasteiger partial charge on any atom is -0.487 e. The van der Waals surface area contributed by atoms with Gasteiger partial charge in [0.2, 0.25) is 5.91 Å². The summed E-state index contributed by atoms with van der Waals surface area (Å²) in [4.78, 5) is 26.2. The molecule has 132 valence electrons. The van der Waals surface area contributed by atoms with Gasteiger partial charge in [-0.25, -0.2) is 0 Å². The molecule has 2 aliphatic rings. The molecule has 1 aromatic carbocycles. The highest BCUT2D eigenvalue weighted by Gasteiger charge is 2.47. The first-order chi connectivity index (χ1) is 11.8. The number of carbonyl (C=O) groups is 2. The number of nitrogens with zero attached hydrogens (tertiary/aromatic N) is 1. The summed E-state index contributed by atoms with van der Waals surface area (Å²) in [6, 6.07) is 5.46. The minimum absolute atomic E-state index is 0.304. The SMILES string of the molecule is C#CC(=O)N(c1ccc2c(c1)OC(C)(C)C2)C1(C(N)=O)CCOCC1. The number of hydrogen-bond acceptors (Lipinski definition) is 4. The van der Waals surface area contributed by atoms with Crippen LogP contribution in [0.15, 0.2) is 18.2 Å². The Balaban J connectivity index is 2.08. The zero-order valence-electron chi connectivity index (χ0n) is 14.5. The maximum absolute atomic E-state index is 12.5.